The van der Waals surface area contributed by atoms with Crippen LogP contribution in [0.3, 0.4) is 0 Å². The fourth-order valence-corrected chi connectivity index (χ4v) is 1.90. The van der Waals surface area contributed by atoms with E-state index in [4.69, 9.17) is 4.74 Å². The summed E-state index contributed by atoms with van der Waals surface area (Å²) >= 11 is 0. The molecule has 0 saturated heterocycles. The van der Waals surface area contributed by atoms with Crippen LogP contribution in [0.1, 0.15) is 17.2 Å². The number of carbonyl (C=O) groups is 1. The predicted octanol–water partition coefficient (Wildman–Crippen LogP) is 2.64. The number of rotatable bonds is 5. The van der Waals surface area contributed by atoms with Gasteiger partial charge in [0.1, 0.15) is 5.75 Å². The average Bonchev–Trinajstić information content (AvgIpc) is 2.46. The third kappa shape index (κ3) is 3.06. The van der Waals surface area contributed by atoms with Crippen LogP contribution in [0.2, 0.25) is 0 Å². The first-order valence-corrected chi connectivity index (χ1v) is 6.15. The minimum Gasteiger partial charge on any atom is -0.497 e. The Hall–Kier alpha value is -2.56. The number of ether oxygens (including phenoxy) is 1. The van der Waals surface area contributed by atoms with Gasteiger partial charge in [-0.15, -0.1) is 0 Å². The van der Waals surface area contributed by atoms with Crippen molar-refractivity contribution in [2.75, 3.05) is 12.4 Å². The first-order valence-electron chi connectivity index (χ1n) is 6.15. The van der Waals surface area contributed by atoms with Crippen LogP contribution in [-0.4, -0.2) is 23.2 Å². The molecule has 0 amide bonds. The zero-order valence-corrected chi connectivity index (χ0v) is 11.3. The quantitative estimate of drug-likeness (QED) is 0.875. The summed E-state index contributed by atoms with van der Waals surface area (Å²) in [6.07, 6.45) is 3.22. The van der Waals surface area contributed by atoms with E-state index in [0.717, 1.165) is 11.3 Å². The van der Waals surface area contributed by atoms with Gasteiger partial charge in [-0.3, -0.25) is 4.98 Å². The fraction of sp³-hybridized carbons (Fsp3) is 0.200. The Morgan fingerprint density at radius 3 is 2.55 bits per heavy atom. The topological polar surface area (TPSA) is 71.5 Å². The highest BCUT2D eigenvalue weighted by Crippen LogP contribution is 2.23. The third-order valence-corrected chi connectivity index (χ3v) is 3.04. The summed E-state index contributed by atoms with van der Waals surface area (Å²) in [5.74, 6) is -0.225. The van der Waals surface area contributed by atoms with Crippen LogP contribution in [-0.2, 0) is 4.79 Å². The van der Waals surface area contributed by atoms with Gasteiger partial charge in [-0.2, -0.15) is 0 Å². The van der Waals surface area contributed by atoms with E-state index in [1.54, 1.807) is 49.8 Å². The smallest absolute Gasteiger partial charge is 0.330 e. The molecule has 1 atom stereocenters. The Kier molecular flexibility index (Phi) is 4.20. The molecule has 2 N–H and O–H groups in total. The van der Waals surface area contributed by atoms with Crippen LogP contribution >= 0.6 is 0 Å². The Morgan fingerprint density at radius 1 is 1.30 bits per heavy atom. The molecule has 1 heterocycles. The van der Waals surface area contributed by atoms with Crippen molar-refractivity contribution in [3.63, 3.8) is 0 Å². The first-order chi connectivity index (χ1) is 9.61. The zero-order chi connectivity index (χ0) is 14.5. The monoisotopic (exact) mass is 272 g/mol. The Morgan fingerprint density at radius 2 is 2.00 bits per heavy atom. The number of hydrogen-bond donors (Lipinski definition) is 2. The van der Waals surface area contributed by atoms with Crippen LogP contribution in [0, 0.1) is 6.92 Å². The Labute approximate surface area is 117 Å². The molecule has 0 aliphatic heterocycles. The molecule has 0 radical (unpaired) electrons. The molecule has 2 rings (SSSR count). The number of carboxylic acid groups (broad SMARTS) is 1. The van der Waals surface area contributed by atoms with Crippen molar-refractivity contribution in [1.82, 2.24) is 4.98 Å². The van der Waals surface area contributed by atoms with Crippen molar-refractivity contribution in [3.05, 3.63) is 53.9 Å². The van der Waals surface area contributed by atoms with Crippen LogP contribution < -0.4 is 10.1 Å². The lowest BCUT2D eigenvalue weighted by molar-refractivity contribution is -0.138. The summed E-state index contributed by atoms with van der Waals surface area (Å²) < 4.78 is 5.07. The lowest BCUT2D eigenvalue weighted by Gasteiger charge is -2.17. The van der Waals surface area contributed by atoms with Gasteiger partial charge in [0, 0.05) is 23.6 Å². The molecule has 104 valence electrons. The van der Waals surface area contributed by atoms with Gasteiger partial charge in [0.25, 0.3) is 0 Å². The molecule has 1 unspecified atom stereocenters. The number of aromatic nitrogens is 1. The molecule has 20 heavy (non-hydrogen) atoms. The maximum Gasteiger partial charge on any atom is 0.330 e. The summed E-state index contributed by atoms with van der Waals surface area (Å²) in [4.78, 5) is 15.5. The molecule has 0 aliphatic rings. The number of methoxy groups -OCH3 is 1. The Bertz CT molecular complexity index is 596. The van der Waals surface area contributed by atoms with Crippen molar-refractivity contribution < 1.29 is 14.6 Å². The Balaban J connectivity index is 2.26. The van der Waals surface area contributed by atoms with E-state index in [0.29, 0.717) is 11.3 Å². The van der Waals surface area contributed by atoms with Gasteiger partial charge in [0.05, 0.1) is 7.11 Å². The average molecular weight is 272 g/mol. The molecular weight excluding hydrogens is 256 g/mol. The second-order valence-corrected chi connectivity index (χ2v) is 4.38. The molecule has 2 aromatic rings. The molecule has 0 bridgehead atoms. The van der Waals surface area contributed by atoms with Crippen LogP contribution in [0.4, 0.5) is 5.69 Å². The predicted molar refractivity (Wildman–Crippen MR) is 76.0 cm³/mol. The van der Waals surface area contributed by atoms with Gasteiger partial charge < -0.3 is 15.2 Å². The van der Waals surface area contributed by atoms with Gasteiger partial charge in [0.2, 0.25) is 0 Å². The molecule has 5 heteroatoms. The number of hydrogen-bond acceptors (Lipinski definition) is 4. The number of nitrogens with zero attached hydrogens (tertiary/aromatic N) is 1. The lowest BCUT2D eigenvalue weighted by atomic mass is 10.0. The standard InChI is InChI=1S/C15H16N2O3/c1-10-7-8-16-9-13(10)14(15(18)19)17-11-3-5-12(20-2)6-4-11/h3-9,14,17H,1-2H3,(H,18,19). The summed E-state index contributed by atoms with van der Waals surface area (Å²) in [6.45, 7) is 1.86. The highest BCUT2D eigenvalue weighted by atomic mass is 16.5. The molecule has 0 fully saturated rings. The number of aliphatic carboxylic acids is 1. The third-order valence-electron chi connectivity index (χ3n) is 3.04. The van der Waals surface area contributed by atoms with E-state index in [1.807, 2.05) is 6.92 Å². The number of aryl methyl sites for hydroxylation is 1. The molecule has 5 nitrogen and oxygen atoms in total. The van der Waals surface area contributed by atoms with Crippen molar-refractivity contribution in [2.24, 2.45) is 0 Å². The van der Waals surface area contributed by atoms with E-state index in [-0.39, 0.29) is 0 Å². The minimum atomic E-state index is -0.947. The summed E-state index contributed by atoms with van der Waals surface area (Å²) in [5, 5.41) is 12.4. The maximum absolute atomic E-state index is 11.5. The van der Waals surface area contributed by atoms with Gasteiger partial charge in [-0.05, 0) is 42.8 Å². The molecule has 1 aromatic heterocycles. The van der Waals surface area contributed by atoms with E-state index in [9.17, 15) is 9.90 Å². The van der Waals surface area contributed by atoms with Crippen molar-refractivity contribution in [3.8, 4) is 5.75 Å². The van der Waals surface area contributed by atoms with Crippen molar-refractivity contribution in [1.29, 1.82) is 0 Å². The molecular formula is C15H16N2O3. The van der Waals surface area contributed by atoms with Gasteiger partial charge in [-0.25, -0.2) is 4.79 Å². The lowest BCUT2D eigenvalue weighted by Crippen LogP contribution is -2.21. The number of anilines is 1. The highest BCUT2D eigenvalue weighted by molar-refractivity contribution is 5.79. The van der Waals surface area contributed by atoms with E-state index >= 15 is 0 Å². The second-order valence-electron chi connectivity index (χ2n) is 4.38. The second kappa shape index (κ2) is 6.06. The normalized spacial score (nSPS) is 11.7. The van der Waals surface area contributed by atoms with Crippen LogP contribution in [0.5, 0.6) is 5.75 Å². The zero-order valence-electron chi connectivity index (χ0n) is 11.3. The highest BCUT2D eigenvalue weighted by Gasteiger charge is 2.21. The van der Waals surface area contributed by atoms with Crippen molar-refractivity contribution in [2.45, 2.75) is 13.0 Å². The number of carboxylic acids is 1. The van der Waals surface area contributed by atoms with Gasteiger partial charge in [-0.1, -0.05) is 0 Å². The number of benzene rings is 1. The maximum atomic E-state index is 11.5. The summed E-state index contributed by atoms with van der Waals surface area (Å²) in [6, 6.07) is 8.06. The van der Waals surface area contributed by atoms with Crippen LogP contribution in [0.25, 0.3) is 0 Å². The largest absolute Gasteiger partial charge is 0.497 e. The summed E-state index contributed by atoms with van der Waals surface area (Å²) in [5.41, 5.74) is 2.24. The molecule has 1 aromatic carbocycles. The van der Waals surface area contributed by atoms with E-state index in [1.165, 1.54) is 0 Å². The molecule has 0 saturated carbocycles. The van der Waals surface area contributed by atoms with Crippen molar-refractivity contribution >= 4 is 11.7 Å². The van der Waals surface area contributed by atoms with Gasteiger partial charge in [0.15, 0.2) is 6.04 Å². The van der Waals surface area contributed by atoms with E-state index < -0.39 is 12.0 Å². The minimum absolute atomic E-state index is 0.649. The SMILES string of the molecule is COc1ccc(NC(C(=O)O)c2cnccc2C)cc1. The van der Waals surface area contributed by atoms with E-state index in [2.05, 4.69) is 10.3 Å². The summed E-state index contributed by atoms with van der Waals surface area (Å²) in [7, 11) is 1.58. The fourth-order valence-electron chi connectivity index (χ4n) is 1.90. The van der Waals surface area contributed by atoms with Gasteiger partial charge >= 0.3 is 5.97 Å². The molecule has 0 spiro atoms. The first kappa shape index (κ1) is 13.9. The molecule has 0 aliphatic carbocycles. The number of pyridine rings is 1. The van der Waals surface area contributed by atoms with Crippen LogP contribution in [0.15, 0.2) is 42.7 Å². The number of nitrogens with one attached hydrogen (secondary N) is 1.